The van der Waals surface area contributed by atoms with Gasteiger partial charge in [-0.15, -0.1) is 0 Å². The van der Waals surface area contributed by atoms with Crippen molar-refractivity contribution >= 4 is 133 Å². The minimum absolute atomic E-state index is 0.196. The number of ketones is 4. The summed E-state index contributed by atoms with van der Waals surface area (Å²) >= 11 is 0. The quantitative estimate of drug-likeness (QED) is 0.0596. The van der Waals surface area contributed by atoms with Crippen molar-refractivity contribution in [3.63, 3.8) is 0 Å². The molecule has 0 bridgehead atoms. The van der Waals surface area contributed by atoms with Gasteiger partial charge in [0.2, 0.25) is 11.8 Å². The van der Waals surface area contributed by atoms with Crippen LogP contribution in [0.5, 0.6) is 23.0 Å². The molecule has 744 valence electrons. The first kappa shape index (κ1) is 102. The fourth-order valence-electron chi connectivity index (χ4n) is 20.5. The van der Waals surface area contributed by atoms with E-state index >= 15 is 17.6 Å². The summed E-state index contributed by atoms with van der Waals surface area (Å²) in [5, 5.41) is 7.06. The summed E-state index contributed by atoms with van der Waals surface area (Å²) in [7, 11) is 0. The average molecular weight is 1970 g/mol. The van der Waals surface area contributed by atoms with E-state index in [9.17, 15) is 28.8 Å². The molecule has 20 rings (SSSR count). The van der Waals surface area contributed by atoms with Crippen LogP contribution in [0.2, 0.25) is 0 Å². The van der Waals surface area contributed by atoms with Gasteiger partial charge in [0.1, 0.15) is 70.7 Å². The zero-order chi connectivity index (χ0) is 105. The average Bonchev–Trinajstić information content (AvgIpc) is 0.734. The number of benzene rings is 12. The maximum absolute atomic E-state index is 16.0. The molecule has 0 unspecified atom stereocenters. The minimum atomic E-state index is -1.02. The number of halogens is 4. The van der Waals surface area contributed by atoms with Crippen LogP contribution in [0.15, 0.2) is 170 Å². The van der Waals surface area contributed by atoms with E-state index in [0.717, 1.165) is 126 Å². The van der Waals surface area contributed by atoms with Crippen LogP contribution in [0.1, 0.15) is 223 Å². The first-order valence-electron chi connectivity index (χ1n) is 48.4. The molecule has 22 nitrogen and oxygen atoms in total. The first-order valence-corrected chi connectivity index (χ1v) is 48.4. The summed E-state index contributed by atoms with van der Waals surface area (Å²) in [6, 6.07) is 42.6. The van der Waals surface area contributed by atoms with E-state index in [1.807, 2.05) is 156 Å². The Morgan fingerprint density at radius 3 is 0.747 bits per heavy atom. The van der Waals surface area contributed by atoms with Crippen molar-refractivity contribution in [1.82, 2.24) is 19.9 Å². The van der Waals surface area contributed by atoms with Crippen LogP contribution < -0.4 is 30.4 Å². The number of hydrogen-bond donors (Lipinski definition) is 2. The van der Waals surface area contributed by atoms with Crippen molar-refractivity contribution in [1.29, 1.82) is 0 Å². The van der Waals surface area contributed by atoms with Gasteiger partial charge in [-0.1, -0.05) is 36.4 Å². The van der Waals surface area contributed by atoms with Crippen molar-refractivity contribution in [3.05, 3.63) is 294 Å². The molecule has 0 fully saturated rings. The van der Waals surface area contributed by atoms with E-state index in [-0.39, 0.29) is 56.2 Å². The largest absolute Gasteiger partial charge is 0.493 e. The van der Waals surface area contributed by atoms with E-state index in [1.54, 1.807) is 113 Å². The number of carbonyl (C=O) groups is 6. The van der Waals surface area contributed by atoms with E-state index in [1.165, 1.54) is 39.8 Å². The third-order valence-electron chi connectivity index (χ3n) is 26.7. The number of ether oxygens (including phenoxy) is 8. The summed E-state index contributed by atoms with van der Waals surface area (Å²) in [4.78, 5) is 102. The summed E-state index contributed by atoms with van der Waals surface area (Å²) < 4.78 is 113. The van der Waals surface area contributed by atoms with Gasteiger partial charge in [0.05, 0.1) is 84.0 Å². The van der Waals surface area contributed by atoms with Gasteiger partial charge in [0.15, 0.2) is 34.5 Å². The highest BCUT2D eigenvalue weighted by atomic mass is 19.1. The maximum Gasteiger partial charge on any atom is 0.248 e. The molecule has 0 radical (unpaired) electrons. The van der Waals surface area contributed by atoms with Gasteiger partial charge in [0.25, 0.3) is 0 Å². The fourth-order valence-corrected chi connectivity index (χ4v) is 20.5. The lowest BCUT2D eigenvalue weighted by atomic mass is 9.84. The molecule has 8 heterocycles. The summed E-state index contributed by atoms with van der Waals surface area (Å²) in [6.45, 7) is 52.0. The lowest BCUT2D eigenvalue weighted by Gasteiger charge is -2.30. The monoisotopic (exact) mass is 1960 g/mol. The van der Waals surface area contributed by atoms with Gasteiger partial charge in [-0.3, -0.25) is 48.7 Å². The van der Waals surface area contributed by atoms with Gasteiger partial charge in [0, 0.05) is 149 Å². The Morgan fingerprint density at radius 2 is 0.541 bits per heavy atom. The normalized spacial score (nSPS) is 14.0. The topological polar surface area (TPSA) is 289 Å². The van der Waals surface area contributed by atoms with Crippen molar-refractivity contribution in [2.75, 3.05) is 26.4 Å². The molecule has 2 amide bonds. The van der Waals surface area contributed by atoms with Crippen LogP contribution in [-0.4, -0.2) is 104 Å². The van der Waals surface area contributed by atoms with E-state index in [0.29, 0.717) is 137 Å². The third-order valence-corrected chi connectivity index (χ3v) is 26.7. The molecule has 4 aliphatic heterocycles. The van der Waals surface area contributed by atoms with Gasteiger partial charge in [-0.25, -0.2) is 27.3 Å². The number of rotatable bonds is 18. The Bertz CT molecular complexity index is 7800. The smallest absolute Gasteiger partial charge is 0.248 e. The van der Waals surface area contributed by atoms with E-state index in [4.69, 9.17) is 82.4 Å². The molecule has 4 atom stereocenters. The van der Waals surface area contributed by atoms with Crippen LogP contribution in [0.4, 0.5) is 28.9 Å². The van der Waals surface area contributed by atoms with Crippen molar-refractivity contribution in [2.45, 2.75) is 211 Å². The van der Waals surface area contributed by atoms with E-state index < -0.39 is 81.9 Å². The Kier molecular flexibility index (Phi) is 27.7. The SMILES string of the molecule is CC(=O)[C@@H](OC(C)(C)C)c1c(C)c(F)c2cc(C(N)=O)ccc2c1-c1ccc2c3c(ccnc13)CCO2.CC(=O)[C@@H](OC(C)(C)C)c1c(C)c(F)c2cc(C(N)=O)ccc2c1-c1ccc2c3c(ccnc13)CCO2.[C-]#[N+]c1ccc2c(-c3ccc4c5c(ccnc35)CCO4)c([C@H](OC(C)(C)C)C(C)=O)c(C)c(F)c2c1.[C-]#[N+]c1ccc2c(-c3ccc4c5c(ccnc35)CCO4)c([C@H](OC(C)(C)C)C(C)=O)c(C)c(F)c2c1. The summed E-state index contributed by atoms with van der Waals surface area (Å²) in [6.07, 6.45) is 6.09. The zero-order valence-electron chi connectivity index (χ0n) is 85.2. The highest BCUT2D eigenvalue weighted by Gasteiger charge is 2.40. The number of carbonyl (C=O) groups excluding carboxylic acids is 6. The van der Waals surface area contributed by atoms with Crippen LogP contribution >= 0.6 is 0 Å². The van der Waals surface area contributed by atoms with Gasteiger partial charge in [-0.05, 0) is 336 Å². The minimum Gasteiger partial charge on any atom is -0.493 e. The molecular formula is C120H112F4N8O14. The molecule has 4 aliphatic rings. The molecule has 4 aromatic heterocycles. The van der Waals surface area contributed by atoms with Crippen molar-refractivity contribution < 1.29 is 84.2 Å². The molecule has 0 spiro atoms. The molecular weight excluding hydrogens is 1850 g/mol. The first-order chi connectivity index (χ1) is 69.2. The summed E-state index contributed by atoms with van der Waals surface area (Å²) in [5.74, 6) is -1.20. The Hall–Kier alpha value is -15.3. The summed E-state index contributed by atoms with van der Waals surface area (Å²) in [5.41, 5.74) is 25.5. The van der Waals surface area contributed by atoms with Gasteiger partial charge < -0.3 is 49.4 Å². The van der Waals surface area contributed by atoms with Crippen LogP contribution in [0.25, 0.3) is 141 Å². The Labute approximate surface area is 843 Å². The maximum atomic E-state index is 16.0. The number of nitrogens with zero attached hydrogens (tertiary/aromatic N) is 6. The Balaban J connectivity index is 0.000000133. The molecule has 16 aromatic rings. The van der Waals surface area contributed by atoms with Gasteiger partial charge in [-0.2, -0.15) is 0 Å². The second-order valence-corrected chi connectivity index (χ2v) is 41.3. The number of aromatic nitrogens is 4. The lowest BCUT2D eigenvalue weighted by molar-refractivity contribution is -0.139. The number of primary amides is 2. The molecule has 4 N–H and O–H groups in total. The zero-order valence-corrected chi connectivity index (χ0v) is 85.2. The number of amides is 2. The number of Topliss-reactive ketones (excluding diaryl/α,β-unsaturated/α-hetero) is 4. The predicted molar refractivity (Wildman–Crippen MR) is 561 cm³/mol. The van der Waals surface area contributed by atoms with Crippen LogP contribution in [0, 0.1) is 64.1 Å². The molecule has 12 aromatic carbocycles. The van der Waals surface area contributed by atoms with Crippen LogP contribution in [0.3, 0.4) is 0 Å². The van der Waals surface area contributed by atoms with Crippen molar-refractivity contribution in [2.24, 2.45) is 11.5 Å². The second-order valence-electron chi connectivity index (χ2n) is 41.3. The molecule has 0 saturated carbocycles. The lowest BCUT2D eigenvalue weighted by Crippen LogP contribution is -2.27. The standard InChI is InChI=1S/2C30H29FN2O4.2C30H27FN2O3/c2*1-15-23(28(16(2)34)37-30(3,4)5)25(19-7-6-18(29(32)35)14-21(19)26(15)31)20-8-9-22-24-17(11-13-36-22)10-12-33-27(20)24;2*1-16-24(29(17(2)34)36-30(3,4)5)26(20-8-7-19(32-6)15-22(20)27(16)31)21-9-10-23-25-18(12-14-35-23)11-13-33-28(21)25/h2*6-10,12,14,28H,11,13H2,1-5H3,(H2,32,35);2*7-11,13,15,29H,12,14H2,1-5H3/t2*28-;2*29-/m1111/s1. The number of hydrogen-bond acceptors (Lipinski definition) is 18. The highest BCUT2D eigenvalue weighted by molar-refractivity contribution is 6.16. The predicted octanol–water partition coefficient (Wildman–Crippen LogP) is 26.8. The molecule has 0 saturated heterocycles. The third kappa shape index (κ3) is 19.4. The number of pyridine rings is 4. The molecule has 146 heavy (non-hydrogen) atoms. The number of nitrogens with two attached hydrogens (primary N) is 2. The molecule has 0 aliphatic carbocycles. The van der Waals surface area contributed by atoms with E-state index in [2.05, 4.69) is 9.69 Å². The van der Waals surface area contributed by atoms with Gasteiger partial charge >= 0.3 is 0 Å². The highest BCUT2D eigenvalue weighted by Crippen LogP contribution is 2.54. The fraction of sp³-hybridized carbons (Fsp3) is 0.300. The molecule has 26 heteroatoms. The Morgan fingerprint density at radius 1 is 0.322 bits per heavy atom. The van der Waals surface area contributed by atoms with Crippen molar-refractivity contribution in [3.8, 4) is 67.5 Å². The van der Waals surface area contributed by atoms with Crippen LogP contribution in [-0.2, 0) is 63.8 Å². The number of fused-ring (bicyclic) bond motifs is 4. The second kappa shape index (κ2) is 39.7.